The summed E-state index contributed by atoms with van der Waals surface area (Å²) in [6.45, 7) is 6.78. The van der Waals surface area contributed by atoms with Gasteiger partial charge in [0.05, 0.1) is 16.6 Å². The van der Waals surface area contributed by atoms with Crippen LogP contribution in [-0.4, -0.2) is 60.4 Å². The molecule has 7 heteroatoms. The number of piperazine rings is 1. The van der Waals surface area contributed by atoms with Gasteiger partial charge in [-0.25, -0.2) is 0 Å². The lowest BCUT2D eigenvalue weighted by atomic mass is 10.2. The van der Waals surface area contributed by atoms with Gasteiger partial charge in [-0.2, -0.15) is 0 Å². The van der Waals surface area contributed by atoms with Crippen molar-refractivity contribution in [1.29, 1.82) is 0 Å². The molecule has 1 aliphatic rings. The summed E-state index contributed by atoms with van der Waals surface area (Å²) in [6, 6.07) is 5.04. The van der Waals surface area contributed by atoms with Gasteiger partial charge in [-0.15, -0.1) is 0 Å². The molecule has 23 heavy (non-hydrogen) atoms. The molecule has 126 valence electrons. The molecule has 0 aromatic heterocycles. The number of carbonyl (C=O) groups excluding carboxylic acids is 2. The first-order valence-corrected chi connectivity index (χ1v) is 8.38. The highest BCUT2D eigenvalue weighted by molar-refractivity contribution is 6.42. The number of hydrogen-bond donors (Lipinski definition) is 1. The molecule has 5 nitrogen and oxygen atoms in total. The fourth-order valence-corrected chi connectivity index (χ4v) is 2.79. The molecule has 1 aliphatic heterocycles. The molecule has 1 aromatic rings. The first-order chi connectivity index (χ1) is 10.9. The van der Waals surface area contributed by atoms with Gasteiger partial charge in [0.2, 0.25) is 5.91 Å². The zero-order valence-corrected chi connectivity index (χ0v) is 14.8. The Bertz CT molecular complexity index is 585. The molecule has 0 atom stereocenters. The average molecular weight is 358 g/mol. The van der Waals surface area contributed by atoms with Gasteiger partial charge in [-0.05, 0) is 32.0 Å². The Kier molecular flexibility index (Phi) is 6.27. The lowest BCUT2D eigenvalue weighted by molar-refractivity contribution is -0.123. The van der Waals surface area contributed by atoms with Crippen LogP contribution in [0.25, 0.3) is 0 Å². The predicted molar refractivity (Wildman–Crippen MR) is 92.1 cm³/mol. The first kappa shape index (κ1) is 18.0. The molecule has 1 aromatic carbocycles. The van der Waals surface area contributed by atoms with Gasteiger partial charge < -0.3 is 10.2 Å². The summed E-state index contributed by atoms with van der Waals surface area (Å²) in [6.07, 6.45) is 0. The molecule has 1 saturated heterocycles. The van der Waals surface area contributed by atoms with Crippen molar-refractivity contribution in [1.82, 2.24) is 15.1 Å². The SMILES string of the molecule is CC(C)NC(=O)CN1CCN(C(=O)c2ccc(Cl)c(Cl)c2)CC1. The number of rotatable bonds is 4. The van der Waals surface area contributed by atoms with Crippen LogP contribution in [0.3, 0.4) is 0 Å². The van der Waals surface area contributed by atoms with Gasteiger partial charge in [0.1, 0.15) is 0 Å². The van der Waals surface area contributed by atoms with Crippen LogP contribution in [0.1, 0.15) is 24.2 Å². The summed E-state index contributed by atoms with van der Waals surface area (Å²) in [7, 11) is 0. The van der Waals surface area contributed by atoms with Crippen LogP contribution in [0.5, 0.6) is 0 Å². The molecule has 2 rings (SSSR count). The Balaban J connectivity index is 1.87. The minimum Gasteiger partial charge on any atom is -0.353 e. The Morgan fingerprint density at radius 1 is 1.13 bits per heavy atom. The number of halogens is 2. The molecule has 2 amide bonds. The zero-order valence-electron chi connectivity index (χ0n) is 13.3. The van der Waals surface area contributed by atoms with Gasteiger partial charge in [-0.1, -0.05) is 23.2 Å². The van der Waals surface area contributed by atoms with Crippen LogP contribution in [-0.2, 0) is 4.79 Å². The van der Waals surface area contributed by atoms with Crippen LogP contribution in [0.15, 0.2) is 18.2 Å². The summed E-state index contributed by atoms with van der Waals surface area (Å²) in [4.78, 5) is 28.1. The summed E-state index contributed by atoms with van der Waals surface area (Å²) in [5, 5.41) is 3.68. The van der Waals surface area contributed by atoms with E-state index in [1.807, 2.05) is 13.8 Å². The first-order valence-electron chi connectivity index (χ1n) is 7.63. The van der Waals surface area contributed by atoms with E-state index in [1.54, 1.807) is 23.1 Å². The highest BCUT2D eigenvalue weighted by Crippen LogP contribution is 2.23. The number of amides is 2. The fourth-order valence-electron chi connectivity index (χ4n) is 2.49. The molecule has 1 fully saturated rings. The van der Waals surface area contributed by atoms with Gasteiger partial charge in [0, 0.05) is 37.8 Å². The second-order valence-corrected chi connectivity index (χ2v) is 6.73. The number of nitrogens with one attached hydrogen (secondary N) is 1. The third kappa shape index (κ3) is 5.09. The highest BCUT2D eigenvalue weighted by Gasteiger charge is 2.23. The van der Waals surface area contributed by atoms with E-state index in [4.69, 9.17) is 23.2 Å². The molecule has 0 spiro atoms. The normalized spacial score (nSPS) is 15.8. The smallest absolute Gasteiger partial charge is 0.253 e. The van der Waals surface area contributed by atoms with Crippen molar-refractivity contribution in [2.45, 2.75) is 19.9 Å². The quantitative estimate of drug-likeness (QED) is 0.899. The van der Waals surface area contributed by atoms with Gasteiger partial charge in [0.15, 0.2) is 0 Å². The van der Waals surface area contributed by atoms with E-state index in [-0.39, 0.29) is 17.9 Å². The summed E-state index contributed by atoms with van der Waals surface area (Å²) < 4.78 is 0. The van der Waals surface area contributed by atoms with E-state index in [0.717, 1.165) is 0 Å². The lowest BCUT2D eigenvalue weighted by Gasteiger charge is -2.34. The van der Waals surface area contributed by atoms with Crippen LogP contribution >= 0.6 is 23.2 Å². The minimum atomic E-state index is -0.0603. The third-order valence-electron chi connectivity index (χ3n) is 3.64. The molecule has 0 bridgehead atoms. The van der Waals surface area contributed by atoms with Crippen molar-refractivity contribution >= 4 is 35.0 Å². The Labute approximate surface area is 146 Å². The number of carbonyl (C=O) groups is 2. The third-order valence-corrected chi connectivity index (χ3v) is 4.38. The van der Waals surface area contributed by atoms with Crippen LogP contribution < -0.4 is 5.32 Å². The maximum Gasteiger partial charge on any atom is 0.253 e. The van der Waals surface area contributed by atoms with Crippen molar-refractivity contribution in [3.63, 3.8) is 0 Å². The van der Waals surface area contributed by atoms with E-state index in [2.05, 4.69) is 10.2 Å². The Hall–Kier alpha value is -1.30. The van der Waals surface area contributed by atoms with Crippen molar-refractivity contribution in [2.75, 3.05) is 32.7 Å². The summed E-state index contributed by atoms with van der Waals surface area (Å²) in [5.74, 6) is -0.0425. The number of benzene rings is 1. The Morgan fingerprint density at radius 3 is 2.35 bits per heavy atom. The monoisotopic (exact) mass is 357 g/mol. The number of nitrogens with zero attached hydrogens (tertiary/aromatic N) is 2. The zero-order chi connectivity index (χ0) is 17.0. The highest BCUT2D eigenvalue weighted by atomic mass is 35.5. The van der Waals surface area contributed by atoms with Crippen molar-refractivity contribution in [3.05, 3.63) is 33.8 Å². The van der Waals surface area contributed by atoms with E-state index in [1.165, 1.54) is 0 Å². The van der Waals surface area contributed by atoms with E-state index >= 15 is 0 Å². The molecule has 1 N–H and O–H groups in total. The molecular formula is C16H21Cl2N3O2. The van der Waals surface area contributed by atoms with E-state index in [0.29, 0.717) is 48.3 Å². The maximum atomic E-state index is 12.5. The second kappa shape index (κ2) is 7.99. The topological polar surface area (TPSA) is 52.7 Å². The molecule has 0 saturated carbocycles. The molecule has 0 radical (unpaired) electrons. The fraction of sp³-hybridized carbons (Fsp3) is 0.500. The average Bonchev–Trinajstić information content (AvgIpc) is 2.49. The van der Waals surface area contributed by atoms with Gasteiger partial charge in [-0.3, -0.25) is 14.5 Å². The van der Waals surface area contributed by atoms with Crippen LogP contribution in [0.2, 0.25) is 10.0 Å². The number of hydrogen-bond acceptors (Lipinski definition) is 3. The molecule has 0 unspecified atom stereocenters. The molecule has 0 aliphatic carbocycles. The van der Waals surface area contributed by atoms with Crippen LogP contribution in [0.4, 0.5) is 0 Å². The van der Waals surface area contributed by atoms with Gasteiger partial charge in [0.25, 0.3) is 5.91 Å². The lowest BCUT2D eigenvalue weighted by Crippen LogP contribution is -2.51. The standard InChI is InChI=1S/C16H21Cl2N3O2/c1-11(2)19-15(22)10-20-5-7-21(8-6-20)16(23)12-3-4-13(17)14(18)9-12/h3-4,9,11H,5-8,10H2,1-2H3,(H,19,22). The maximum absolute atomic E-state index is 12.5. The second-order valence-electron chi connectivity index (χ2n) is 5.92. The Morgan fingerprint density at radius 2 is 1.78 bits per heavy atom. The minimum absolute atomic E-state index is 0.0178. The van der Waals surface area contributed by atoms with E-state index < -0.39 is 0 Å². The van der Waals surface area contributed by atoms with Crippen molar-refractivity contribution in [3.8, 4) is 0 Å². The van der Waals surface area contributed by atoms with Gasteiger partial charge >= 0.3 is 0 Å². The summed E-state index contributed by atoms with van der Waals surface area (Å²) >= 11 is 11.8. The molecule has 1 heterocycles. The van der Waals surface area contributed by atoms with E-state index in [9.17, 15) is 9.59 Å². The van der Waals surface area contributed by atoms with Crippen molar-refractivity contribution < 1.29 is 9.59 Å². The van der Waals surface area contributed by atoms with Crippen molar-refractivity contribution in [2.24, 2.45) is 0 Å². The largest absolute Gasteiger partial charge is 0.353 e. The van der Waals surface area contributed by atoms with Crippen LogP contribution in [0, 0.1) is 0 Å². The predicted octanol–water partition coefficient (Wildman–Crippen LogP) is 2.28. The molecular weight excluding hydrogens is 337 g/mol. The summed E-state index contributed by atoms with van der Waals surface area (Å²) in [5.41, 5.74) is 0.533.